The van der Waals surface area contributed by atoms with Crippen LogP contribution in [0.2, 0.25) is 0 Å². The molecule has 0 saturated heterocycles. The van der Waals surface area contributed by atoms with Gasteiger partial charge in [0.1, 0.15) is 11.5 Å². The van der Waals surface area contributed by atoms with E-state index in [1.165, 1.54) is 42.4 Å². The minimum Gasteiger partial charge on any atom is -0.457 e. The number of benzene rings is 7. The van der Waals surface area contributed by atoms with Crippen molar-refractivity contribution in [1.82, 2.24) is 15.0 Å². The van der Waals surface area contributed by atoms with Gasteiger partial charge in [-0.3, -0.25) is 0 Å². The second-order valence-corrected chi connectivity index (χ2v) is 15.8. The summed E-state index contributed by atoms with van der Waals surface area (Å²) in [5, 5.41) is 2.52. The number of ether oxygens (including phenoxy) is 1. The van der Waals surface area contributed by atoms with Gasteiger partial charge in [0.15, 0.2) is 17.5 Å². The Balaban J connectivity index is 1.18. The number of rotatable bonds is 3. The van der Waals surface area contributed by atoms with Crippen LogP contribution < -0.4 is 4.74 Å². The number of hydrogen-bond acceptors (Lipinski definition) is 5. The van der Waals surface area contributed by atoms with E-state index in [0.717, 1.165) is 39.3 Å². The van der Waals surface area contributed by atoms with Gasteiger partial charge in [-0.1, -0.05) is 147 Å². The number of para-hydroxylation sites is 2. The quantitative estimate of drug-likeness (QED) is 0.183. The van der Waals surface area contributed by atoms with Crippen molar-refractivity contribution < 1.29 is 4.74 Å². The van der Waals surface area contributed by atoms with Crippen LogP contribution in [0.25, 0.3) is 54.3 Å². The third kappa shape index (κ3) is 4.39. The SMILES string of the molecule is CC1(C)c2ccccc2C2(c3ccccc3Oc3ccccc32)c2cc(-c3nc(-c4ccccc4)nc(-c4ccc5c(c4)sc4ccccc45)n3)ccc21. The van der Waals surface area contributed by atoms with Crippen LogP contribution >= 0.6 is 11.3 Å². The zero-order valence-corrected chi connectivity index (χ0v) is 30.6. The van der Waals surface area contributed by atoms with E-state index in [1.807, 2.05) is 18.2 Å². The summed E-state index contributed by atoms with van der Waals surface area (Å²) >= 11 is 1.80. The Bertz CT molecular complexity index is 2920. The monoisotopic (exact) mass is 711 g/mol. The molecule has 11 rings (SSSR count). The molecule has 7 aromatic carbocycles. The van der Waals surface area contributed by atoms with Crippen LogP contribution in [0.4, 0.5) is 0 Å². The minimum atomic E-state index is -0.632. The topological polar surface area (TPSA) is 47.9 Å². The van der Waals surface area contributed by atoms with Crippen LogP contribution in [0.15, 0.2) is 164 Å². The van der Waals surface area contributed by atoms with E-state index in [-0.39, 0.29) is 5.41 Å². The smallest absolute Gasteiger partial charge is 0.164 e. The van der Waals surface area contributed by atoms with Crippen molar-refractivity contribution in [3.05, 3.63) is 197 Å². The molecule has 2 aliphatic rings. The lowest BCUT2D eigenvalue weighted by Crippen LogP contribution is -2.43. The van der Waals surface area contributed by atoms with Gasteiger partial charge in [-0.05, 0) is 52.6 Å². The van der Waals surface area contributed by atoms with Crippen molar-refractivity contribution in [2.45, 2.75) is 24.7 Å². The summed E-state index contributed by atoms with van der Waals surface area (Å²) in [7, 11) is 0. The molecule has 0 atom stereocenters. The fourth-order valence-corrected chi connectivity index (χ4v) is 10.1. The average molecular weight is 712 g/mol. The van der Waals surface area contributed by atoms with Crippen LogP contribution in [0, 0.1) is 0 Å². The molecule has 0 amide bonds. The van der Waals surface area contributed by atoms with E-state index in [0.29, 0.717) is 17.5 Å². The van der Waals surface area contributed by atoms with Gasteiger partial charge in [-0.15, -0.1) is 11.3 Å². The molecule has 2 aromatic heterocycles. The predicted molar refractivity (Wildman–Crippen MR) is 220 cm³/mol. The first-order valence-corrected chi connectivity index (χ1v) is 19.2. The maximum atomic E-state index is 6.65. The molecule has 0 saturated carbocycles. The van der Waals surface area contributed by atoms with Crippen LogP contribution in [0.3, 0.4) is 0 Å². The summed E-state index contributed by atoms with van der Waals surface area (Å²) in [5.74, 6) is 3.67. The summed E-state index contributed by atoms with van der Waals surface area (Å²) in [6, 6.07) is 58.2. The highest BCUT2D eigenvalue weighted by Crippen LogP contribution is 2.61. The molecular weight excluding hydrogens is 679 g/mol. The molecular formula is C49H33N3OS. The summed E-state index contributed by atoms with van der Waals surface area (Å²) in [6.45, 7) is 4.68. The molecule has 4 nitrogen and oxygen atoms in total. The van der Waals surface area contributed by atoms with E-state index in [2.05, 4.69) is 159 Å². The highest BCUT2D eigenvalue weighted by atomic mass is 32.1. The van der Waals surface area contributed by atoms with Crippen molar-refractivity contribution >= 4 is 31.5 Å². The second-order valence-electron chi connectivity index (χ2n) is 14.8. The van der Waals surface area contributed by atoms with E-state index in [1.54, 1.807) is 11.3 Å². The Kier molecular flexibility index (Phi) is 6.65. The third-order valence-corrected chi connectivity index (χ3v) is 12.6. The molecule has 9 aromatic rings. The average Bonchev–Trinajstić information content (AvgIpc) is 3.60. The van der Waals surface area contributed by atoms with Gasteiger partial charge in [0.25, 0.3) is 0 Å². The first kappa shape index (κ1) is 31.1. The minimum absolute atomic E-state index is 0.267. The lowest BCUT2D eigenvalue weighted by molar-refractivity contribution is 0.425. The van der Waals surface area contributed by atoms with Gasteiger partial charge in [0, 0.05) is 53.4 Å². The van der Waals surface area contributed by atoms with Gasteiger partial charge in [-0.25, -0.2) is 15.0 Å². The van der Waals surface area contributed by atoms with Gasteiger partial charge in [0.05, 0.1) is 5.41 Å². The first-order chi connectivity index (χ1) is 26.5. The van der Waals surface area contributed by atoms with Crippen molar-refractivity contribution in [1.29, 1.82) is 0 Å². The highest BCUT2D eigenvalue weighted by Gasteiger charge is 2.52. The van der Waals surface area contributed by atoms with Crippen LogP contribution in [-0.4, -0.2) is 15.0 Å². The molecule has 0 N–H and O–H groups in total. The fraction of sp³-hybridized carbons (Fsp3) is 0.0816. The third-order valence-electron chi connectivity index (χ3n) is 11.5. The van der Waals surface area contributed by atoms with Gasteiger partial charge < -0.3 is 4.74 Å². The Hall–Kier alpha value is -6.43. The normalized spacial score (nSPS) is 14.6. The van der Waals surface area contributed by atoms with Crippen molar-refractivity contribution in [3.8, 4) is 45.7 Å². The number of fused-ring (bicyclic) bond motifs is 11. The molecule has 54 heavy (non-hydrogen) atoms. The van der Waals surface area contributed by atoms with Crippen molar-refractivity contribution in [2.24, 2.45) is 0 Å². The number of nitrogens with zero attached hydrogens (tertiary/aromatic N) is 3. The van der Waals surface area contributed by atoms with Crippen LogP contribution in [0.1, 0.15) is 47.2 Å². The van der Waals surface area contributed by atoms with E-state index < -0.39 is 5.41 Å². The molecule has 0 fully saturated rings. The maximum absolute atomic E-state index is 6.65. The van der Waals surface area contributed by atoms with Crippen LogP contribution in [-0.2, 0) is 10.8 Å². The maximum Gasteiger partial charge on any atom is 0.164 e. The highest BCUT2D eigenvalue weighted by molar-refractivity contribution is 7.25. The Morgan fingerprint density at radius 2 is 0.926 bits per heavy atom. The molecule has 5 heteroatoms. The van der Waals surface area contributed by atoms with Crippen molar-refractivity contribution in [2.75, 3.05) is 0 Å². The number of thiophene rings is 1. The van der Waals surface area contributed by atoms with Crippen molar-refractivity contribution in [3.63, 3.8) is 0 Å². The Morgan fingerprint density at radius 3 is 1.65 bits per heavy atom. The predicted octanol–water partition coefficient (Wildman–Crippen LogP) is 12.4. The van der Waals surface area contributed by atoms with Gasteiger partial charge >= 0.3 is 0 Å². The van der Waals surface area contributed by atoms with Crippen LogP contribution in [0.5, 0.6) is 11.5 Å². The lowest BCUT2D eigenvalue weighted by atomic mass is 9.53. The van der Waals surface area contributed by atoms with E-state index >= 15 is 0 Å². The molecule has 1 aliphatic carbocycles. The summed E-state index contributed by atoms with van der Waals surface area (Å²) in [4.78, 5) is 15.6. The Morgan fingerprint density at radius 1 is 0.407 bits per heavy atom. The largest absolute Gasteiger partial charge is 0.457 e. The molecule has 256 valence electrons. The summed E-state index contributed by atoms with van der Waals surface area (Å²) < 4.78 is 9.14. The number of aromatic nitrogens is 3. The van der Waals surface area contributed by atoms with E-state index in [4.69, 9.17) is 19.7 Å². The van der Waals surface area contributed by atoms with Gasteiger partial charge in [-0.2, -0.15) is 0 Å². The molecule has 1 spiro atoms. The Labute approximate surface area is 317 Å². The molecule has 0 bridgehead atoms. The zero-order chi connectivity index (χ0) is 36.0. The first-order valence-electron chi connectivity index (χ1n) is 18.4. The summed E-state index contributed by atoms with van der Waals surface area (Å²) in [6.07, 6.45) is 0. The molecule has 0 radical (unpaired) electrons. The fourth-order valence-electron chi connectivity index (χ4n) is 8.97. The molecule has 3 heterocycles. The van der Waals surface area contributed by atoms with E-state index in [9.17, 15) is 0 Å². The second kappa shape index (κ2) is 11.5. The standard InChI is InChI=1S/C49H33N3OS/c1-48(2)35-17-7-8-18-37(35)49(38-19-9-11-21-41(38)53-42-22-12-10-20-39(42)49)40-28-31(25-27-36(40)48)46-50-45(30-14-4-3-5-15-30)51-47(52-46)32-24-26-34-33-16-6-13-23-43(33)54-44(34)29-32/h3-29H,1-2H3. The molecule has 1 aliphatic heterocycles. The lowest BCUT2D eigenvalue weighted by Gasteiger charge is -2.50. The van der Waals surface area contributed by atoms with Gasteiger partial charge in [0.2, 0.25) is 0 Å². The summed E-state index contributed by atoms with van der Waals surface area (Å²) in [5.41, 5.74) is 9.26. The molecule has 0 unspecified atom stereocenters. The number of hydrogen-bond donors (Lipinski definition) is 0. The zero-order valence-electron chi connectivity index (χ0n) is 29.7.